The maximum absolute atomic E-state index is 5.74. The fraction of sp³-hybridized carbons (Fsp3) is 0.385. The molecule has 1 aliphatic rings. The van der Waals surface area contributed by atoms with Crippen LogP contribution in [-0.2, 0) is 0 Å². The molecule has 1 aliphatic heterocycles. The van der Waals surface area contributed by atoms with Crippen molar-refractivity contribution in [2.75, 3.05) is 11.5 Å². The summed E-state index contributed by atoms with van der Waals surface area (Å²) >= 11 is 1.91. The molecule has 2 heterocycles. The van der Waals surface area contributed by atoms with E-state index in [0.717, 1.165) is 29.1 Å². The van der Waals surface area contributed by atoms with Gasteiger partial charge in [0.1, 0.15) is 0 Å². The molecule has 2 N–H and O–H groups in total. The van der Waals surface area contributed by atoms with Gasteiger partial charge in [-0.2, -0.15) is 16.7 Å². The van der Waals surface area contributed by atoms with E-state index in [1.165, 1.54) is 12.2 Å². The van der Waals surface area contributed by atoms with Crippen molar-refractivity contribution in [2.45, 2.75) is 25.0 Å². The van der Waals surface area contributed by atoms with Gasteiger partial charge >= 0.3 is 0 Å². The Morgan fingerprint density at radius 1 is 1.44 bits per heavy atom. The summed E-state index contributed by atoms with van der Waals surface area (Å²) in [5.41, 5.74) is 8.52. The van der Waals surface area contributed by atoms with Crippen molar-refractivity contribution in [1.29, 1.82) is 0 Å². The lowest BCUT2D eigenvalue weighted by molar-refractivity contribution is 0.421. The van der Waals surface area contributed by atoms with Crippen LogP contribution >= 0.6 is 11.8 Å². The Kier molecular flexibility index (Phi) is 2.99. The first-order chi connectivity index (χ1) is 8.74. The molecule has 1 aromatic heterocycles. The van der Waals surface area contributed by atoms with E-state index in [9.17, 15) is 0 Å². The molecule has 4 nitrogen and oxygen atoms in total. The van der Waals surface area contributed by atoms with E-state index in [2.05, 4.69) is 10.1 Å². The normalized spacial score (nSPS) is 19.3. The van der Waals surface area contributed by atoms with Gasteiger partial charge in [-0.1, -0.05) is 5.16 Å². The van der Waals surface area contributed by atoms with Crippen LogP contribution < -0.4 is 5.73 Å². The molecular weight excluding hydrogens is 246 g/mol. The molecule has 0 radical (unpaired) electrons. The van der Waals surface area contributed by atoms with Gasteiger partial charge in [-0.05, 0) is 49.3 Å². The second-order valence-corrected chi connectivity index (χ2v) is 5.84. The molecule has 94 valence electrons. The Hall–Kier alpha value is -1.49. The average molecular weight is 261 g/mol. The molecule has 5 heteroatoms. The molecule has 0 spiro atoms. The zero-order chi connectivity index (χ0) is 12.5. The van der Waals surface area contributed by atoms with E-state index in [1.807, 2.05) is 36.9 Å². The predicted octanol–water partition coefficient (Wildman–Crippen LogP) is 3.20. The second-order valence-electron chi connectivity index (χ2n) is 4.53. The molecule has 0 saturated carbocycles. The molecule has 1 atom stereocenters. The third kappa shape index (κ3) is 2.10. The minimum atomic E-state index is 0.400. The average Bonchev–Trinajstić information content (AvgIpc) is 2.99. The number of nitrogens with zero attached hydrogens (tertiary/aromatic N) is 2. The van der Waals surface area contributed by atoms with Gasteiger partial charge in [0.2, 0.25) is 0 Å². The van der Waals surface area contributed by atoms with Gasteiger partial charge in [0.15, 0.2) is 5.82 Å². The summed E-state index contributed by atoms with van der Waals surface area (Å²) < 4.78 is 5.37. The number of rotatable bonds is 2. The third-order valence-electron chi connectivity index (χ3n) is 3.14. The molecule has 0 bridgehead atoms. The molecule has 1 unspecified atom stereocenters. The van der Waals surface area contributed by atoms with Gasteiger partial charge in [-0.25, -0.2) is 0 Å². The maximum Gasteiger partial charge on any atom is 0.258 e. The van der Waals surface area contributed by atoms with Gasteiger partial charge in [0.05, 0.1) is 5.25 Å². The first-order valence-corrected chi connectivity index (χ1v) is 7.10. The van der Waals surface area contributed by atoms with Crippen molar-refractivity contribution < 1.29 is 4.52 Å². The highest BCUT2D eigenvalue weighted by Crippen LogP contribution is 2.39. The van der Waals surface area contributed by atoms with E-state index in [4.69, 9.17) is 10.3 Å². The predicted molar refractivity (Wildman–Crippen MR) is 73.3 cm³/mol. The van der Waals surface area contributed by atoms with Crippen molar-refractivity contribution in [3.8, 4) is 11.5 Å². The summed E-state index contributed by atoms with van der Waals surface area (Å²) in [6.45, 7) is 2.00. The molecule has 1 aromatic carbocycles. The van der Waals surface area contributed by atoms with Crippen LogP contribution in [0, 0.1) is 6.92 Å². The molecular formula is C13H15N3OS. The van der Waals surface area contributed by atoms with Gasteiger partial charge in [-0.15, -0.1) is 0 Å². The Morgan fingerprint density at radius 2 is 2.33 bits per heavy atom. The van der Waals surface area contributed by atoms with Crippen LogP contribution in [0.3, 0.4) is 0 Å². The molecule has 0 amide bonds. The van der Waals surface area contributed by atoms with Crippen LogP contribution in [-0.4, -0.2) is 15.9 Å². The quantitative estimate of drug-likeness (QED) is 0.841. The van der Waals surface area contributed by atoms with Crippen molar-refractivity contribution >= 4 is 17.4 Å². The second kappa shape index (κ2) is 4.65. The SMILES string of the molecule is Cc1cc(N)ccc1-c1nc(C2CCCS2)no1. The lowest BCUT2D eigenvalue weighted by atomic mass is 10.1. The maximum atomic E-state index is 5.74. The zero-order valence-electron chi connectivity index (χ0n) is 10.2. The van der Waals surface area contributed by atoms with Gasteiger partial charge in [-0.3, -0.25) is 0 Å². The number of anilines is 1. The van der Waals surface area contributed by atoms with Crippen molar-refractivity contribution in [3.63, 3.8) is 0 Å². The Bertz CT molecular complexity index is 561. The standard InChI is InChI=1S/C13H15N3OS/c1-8-7-9(14)4-5-10(8)13-15-12(16-17-13)11-3-2-6-18-11/h4-5,7,11H,2-3,6,14H2,1H3. The summed E-state index contributed by atoms with van der Waals surface area (Å²) in [7, 11) is 0. The van der Waals surface area contributed by atoms with E-state index in [-0.39, 0.29) is 0 Å². The molecule has 0 aliphatic carbocycles. The van der Waals surface area contributed by atoms with Crippen LogP contribution in [0.2, 0.25) is 0 Å². The van der Waals surface area contributed by atoms with Crippen molar-refractivity contribution in [2.24, 2.45) is 0 Å². The number of nitrogens with two attached hydrogens (primary N) is 1. The van der Waals surface area contributed by atoms with E-state index in [0.29, 0.717) is 11.1 Å². The summed E-state index contributed by atoms with van der Waals surface area (Å²) in [4.78, 5) is 4.51. The summed E-state index contributed by atoms with van der Waals surface area (Å²) in [5.74, 6) is 2.61. The Balaban J connectivity index is 1.92. The van der Waals surface area contributed by atoms with Crippen LogP contribution in [0.5, 0.6) is 0 Å². The Morgan fingerprint density at radius 3 is 3.06 bits per heavy atom. The van der Waals surface area contributed by atoms with Crippen LogP contribution in [0.25, 0.3) is 11.5 Å². The number of benzene rings is 1. The fourth-order valence-electron chi connectivity index (χ4n) is 2.18. The number of hydrogen-bond donors (Lipinski definition) is 1. The van der Waals surface area contributed by atoms with Crippen molar-refractivity contribution in [1.82, 2.24) is 10.1 Å². The molecule has 1 fully saturated rings. The van der Waals surface area contributed by atoms with Crippen molar-refractivity contribution in [3.05, 3.63) is 29.6 Å². The highest BCUT2D eigenvalue weighted by atomic mass is 32.2. The zero-order valence-corrected chi connectivity index (χ0v) is 11.0. The monoisotopic (exact) mass is 261 g/mol. The summed E-state index contributed by atoms with van der Waals surface area (Å²) in [6.07, 6.45) is 2.38. The fourth-order valence-corrected chi connectivity index (χ4v) is 3.38. The highest BCUT2D eigenvalue weighted by Gasteiger charge is 2.23. The highest BCUT2D eigenvalue weighted by molar-refractivity contribution is 7.99. The van der Waals surface area contributed by atoms with E-state index >= 15 is 0 Å². The van der Waals surface area contributed by atoms with Crippen LogP contribution in [0.4, 0.5) is 5.69 Å². The smallest absolute Gasteiger partial charge is 0.258 e. The minimum Gasteiger partial charge on any atom is -0.399 e. The lowest BCUT2D eigenvalue weighted by Gasteiger charge is -2.01. The van der Waals surface area contributed by atoms with Gasteiger partial charge in [0.25, 0.3) is 5.89 Å². The largest absolute Gasteiger partial charge is 0.399 e. The summed E-state index contributed by atoms with van der Waals surface area (Å²) in [5, 5.41) is 4.50. The molecule has 1 saturated heterocycles. The number of hydrogen-bond acceptors (Lipinski definition) is 5. The Labute approximate surface area is 110 Å². The first kappa shape index (κ1) is 11.6. The minimum absolute atomic E-state index is 0.400. The third-order valence-corrected chi connectivity index (χ3v) is 4.51. The van der Waals surface area contributed by atoms with Gasteiger partial charge in [0, 0.05) is 11.3 Å². The van der Waals surface area contributed by atoms with E-state index < -0.39 is 0 Å². The van der Waals surface area contributed by atoms with Crippen LogP contribution in [0.1, 0.15) is 29.5 Å². The number of aromatic nitrogens is 2. The lowest BCUT2D eigenvalue weighted by Crippen LogP contribution is -1.92. The number of nitrogen functional groups attached to an aromatic ring is 1. The van der Waals surface area contributed by atoms with Gasteiger partial charge < -0.3 is 10.3 Å². The summed E-state index contributed by atoms with van der Waals surface area (Å²) in [6, 6.07) is 5.71. The topological polar surface area (TPSA) is 64.9 Å². The van der Waals surface area contributed by atoms with Crippen LogP contribution in [0.15, 0.2) is 22.7 Å². The van der Waals surface area contributed by atoms with E-state index in [1.54, 1.807) is 0 Å². The number of aryl methyl sites for hydroxylation is 1. The molecule has 18 heavy (non-hydrogen) atoms. The molecule has 3 rings (SSSR count). The first-order valence-electron chi connectivity index (χ1n) is 6.06. The number of thioether (sulfide) groups is 1. The molecule has 2 aromatic rings.